The number of aliphatic hydroxyl groups is 1. The van der Waals surface area contributed by atoms with Crippen molar-refractivity contribution < 1.29 is 5.11 Å². The molecule has 0 aliphatic heterocycles. The van der Waals surface area contributed by atoms with Gasteiger partial charge in [0.25, 0.3) is 0 Å². The summed E-state index contributed by atoms with van der Waals surface area (Å²) in [5.41, 5.74) is 1.34. The minimum atomic E-state index is -0.107. The van der Waals surface area contributed by atoms with Gasteiger partial charge in [0.1, 0.15) is 0 Å². The van der Waals surface area contributed by atoms with Gasteiger partial charge in [0.2, 0.25) is 0 Å². The highest BCUT2D eigenvalue weighted by molar-refractivity contribution is 7.99. The van der Waals surface area contributed by atoms with Gasteiger partial charge in [-0.15, -0.1) is 0 Å². The first-order valence-corrected chi connectivity index (χ1v) is 8.45. The molecule has 0 saturated carbocycles. The van der Waals surface area contributed by atoms with E-state index >= 15 is 0 Å². The minimum Gasteiger partial charge on any atom is -0.393 e. The van der Waals surface area contributed by atoms with Crippen LogP contribution in [0.15, 0.2) is 36.5 Å². The average Bonchev–Trinajstić information content (AvgIpc) is 2.39. The zero-order valence-corrected chi connectivity index (χ0v) is 13.6. The van der Waals surface area contributed by atoms with E-state index in [0.717, 1.165) is 37.2 Å². The molecule has 0 saturated heterocycles. The largest absolute Gasteiger partial charge is 0.393 e. The van der Waals surface area contributed by atoms with Crippen LogP contribution in [0.2, 0.25) is 0 Å². The second-order valence-electron chi connectivity index (χ2n) is 5.28. The van der Waals surface area contributed by atoms with Gasteiger partial charge in [0, 0.05) is 5.75 Å². The quantitative estimate of drug-likeness (QED) is 0.426. The van der Waals surface area contributed by atoms with Crippen LogP contribution in [0, 0.1) is 5.92 Å². The fraction of sp³-hybridized carbons (Fsp3) is 0.647. The molecule has 0 aromatic carbocycles. The summed E-state index contributed by atoms with van der Waals surface area (Å²) in [6.07, 6.45) is 12.0. The van der Waals surface area contributed by atoms with Crippen molar-refractivity contribution in [3.05, 3.63) is 36.5 Å². The molecule has 0 radical (unpaired) electrons. The van der Waals surface area contributed by atoms with E-state index in [1.807, 2.05) is 17.8 Å². The standard InChI is InChI=1S/C17H30OS/c1-5-7-9-16(6-2)14-19-13-8-10-17(18)12-11-15(3)4/h5-7,9,15,17-18H,1,8,10-14H2,2-4H3/b9-7-,16-6+. The van der Waals surface area contributed by atoms with Crippen LogP contribution in [0.5, 0.6) is 0 Å². The molecule has 1 unspecified atom stereocenters. The topological polar surface area (TPSA) is 20.2 Å². The number of thioether (sulfide) groups is 1. The Bertz CT molecular complexity index is 279. The lowest BCUT2D eigenvalue weighted by Gasteiger charge is -2.11. The maximum absolute atomic E-state index is 9.83. The van der Waals surface area contributed by atoms with Gasteiger partial charge < -0.3 is 5.11 Å². The Kier molecular flexibility index (Phi) is 12.2. The van der Waals surface area contributed by atoms with Crippen molar-refractivity contribution in [2.45, 2.75) is 52.6 Å². The molecule has 1 nitrogen and oxygen atoms in total. The second-order valence-corrected chi connectivity index (χ2v) is 6.38. The van der Waals surface area contributed by atoms with Crippen molar-refractivity contribution in [1.82, 2.24) is 0 Å². The smallest absolute Gasteiger partial charge is 0.0540 e. The molecule has 0 aromatic rings. The molecule has 0 rings (SSSR count). The van der Waals surface area contributed by atoms with E-state index in [-0.39, 0.29) is 6.10 Å². The molecule has 0 aliphatic rings. The molecular formula is C17H30OS. The molecule has 19 heavy (non-hydrogen) atoms. The van der Waals surface area contributed by atoms with Gasteiger partial charge in [-0.1, -0.05) is 44.7 Å². The maximum Gasteiger partial charge on any atom is 0.0540 e. The molecule has 0 spiro atoms. The lowest BCUT2D eigenvalue weighted by atomic mass is 10.0. The van der Waals surface area contributed by atoms with Crippen LogP contribution in [0.3, 0.4) is 0 Å². The molecule has 1 N–H and O–H groups in total. The number of aliphatic hydroxyl groups excluding tert-OH is 1. The van der Waals surface area contributed by atoms with Crippen molar-refractivity contribution in [1.29, 1.82) is 0 Å². The Balaban J connectivity index is 3.58. The molecule has 110 valence electrons. The molecule has 1 atom stereocenters. The lowest BCUT2D eigenvalue weighted by Crippen LogP contribution is -2.08. The third-order valence-corrected chi connectivity index (χ3v) is 4.10. The van der Waals surface area contributed by atoms with Crippen LogP contribution >= 0.6 is 11.8 Å². The van der Waals surface area contributed by atoms with Crippen LogP contribution in [0.4, 0.5) is 0 Å². The predicted octanol–water partition coefficient (Wildman–Crippen LogP) is 4.99. The molecular weight excluding hydrogens is 252 g/mol. The summed E-state index contributed by atoms with van der Waals surface area (Å²) in [5.74, 6) is 2.86. The Labute approximate surface area is 123 Å². The van der Waals surface area contributed by atoms with E-state index in [1.165, 1.54) is 5.57 Å². The average molecular weight is 282 g/mol. The van der Waals surface area contributed by atoms with Gasteiger partial charge in [-0.25, -0.2) is 0 Å². The van der Waals surface area contributed by atoms with Gasteiger partial charge >= 0.3 is 0 Å². The molecule has 0 aliphatic carbocycles. The third-order valence-electron chi connectivity index (χ3n) is 2.99. The van der Waals surface area contributed by atoms with Crippen molar-refractivity contribution in [3.63, 3.8) is 0 Å². The normalized spacial score (nSPS) is 14.3. The number of rotatable bonds is 11. The zero-order chi connectivity index (χ0) is 14.5. The number of allylic oxidation sites excluding steroid dienone is 4. The summed E-state index contributed by atoms with van der Waals surface area (Å²) in [6.45, 7) is 10.2. The molecule has 0 aromatic heterocycles. The molecule has 0 amide bonds. The Morgan fingerprint density at radius 1 is 1.26 bits per heavy atom. The van der Waals surface area contributed by atoms with Crippen LogP contribution in [0.1, 0.15) is 46.5 Å². The summed E-state index contributed by atoms with van der Waals surface area (Å²) >= 11 is 1.94. The van der Waals surface area contributed by atoms with E-state index in [4.69, 9.17) is 0 Å². The highest BCUT2D eigenvalue weighted by Gasteiger charge is 2.05. The monoisotopic (exact) mass is 282 g/mol. The summed E-state index contributed by atoms with van der Waals surface area (Å²) in [5, 5.41) is 9.83. The van der Waals surface area contributed by atoms with Crippen LogP contribution in [-0.2, 0) is 0 Å². The number of hydrogen-bond acceptors (Lipinski definition) is 2. The Hall–Kier alpha value is -0.470. The fourth-order valence-corrected chi connectivity index (χ4v) is 2.71. The Morgan fingerprint density at radius 3 is 2.58 bits per heavy atom. The van der Waals surface area contributed by atoms with Crippen molar-refractivity contribution >= 4 is 11.8 Å². The van der Waals surface area contributed by atoms with Gasteiger partial charge in [-0.05, 0) is 49.9 Å². The van der Waals surface area contributed by atoms with E-state index < -0.39 is 0 Å². The SMILES string of the molecule is C=C/C=C\C(=C/C)CSCCCC(O)CCC(C)C. The third kappa shape index (κ3) is 12.3. The first-order chi connectivity index (χ1) is 9.10. The minimum absolute atomic E-state index is 0.107. The predicted molar refractivity (Wildman–Crippen MR) is 89.7 cm³/mol. The first kappa shape index (κ1) is 18.5. The van der Waals surface area contributed by atoms with Crippen molar-refractivity contribution in [2.75, 3.05) is 11.5 Å². The van der Waals surface area contributed by atoms with E-state index in [2.05, 4.69) is 39.5 Å². The Morgan fingerprint density at radius 2 is 2.00 bits per heavy atom. The summed E-state index contributed by atoms with van der Waals surface area (Å²) in [7, 11) is 0. The van der Waals surface area contributed by atoms with Crippen LogP contribution in [0.25, 0.3) is 0 Å². The first-order valence-electron chi connectivity index (χ1n) is 7.30. The van der Waals surface area contributed by atoms with Crippen molar-refractivity contribution in [2.24, 2.45) is 5.92 Å². The fourth-order valence-electron chi connectivity index (χ4n) is 1.70. The molecule has 0 bridgehead atoms. The molecule has 0 fully saturated rings. The number of hydrogen-bond donors (Lipinski definition) is 1. The molecule has 0 heterocycles. The van der Waals surface area contributed by atoms with Gasteiger partial charge in [-0.3, -0.25) is 0 Å². The van der Waals surface area contributed by atoms with Crippen molar-refractivity contribution in [3.8, 4) is 0 Å². The highest BCUT2D eigenvalue weighted by Crippen LogP contribution is 2.15. The second kappa shape index (κ2) is 12.6. The maximum atomic E-state index is 9.83. The van der Waals surface area contributed by atoms with E-state index in [0.29, 0.717) is 5.92 Å². The van der Waals surface area contributed by atoms with Crippen LogP contribution in [-0.4, -0.2) is 22.7 Å². The summed E-state index contributed by atoms with van der Waals surface area (Å²) in [4.78, 5) is 0. The van der Waals surface area contributed by atoms with Crippen LogP contribution < -0.4 is 0 Å². The van der Waals surface area contributed by atoms with Gasteiger partial charge in [0.15, 0.2) is 0 Å². The van der Waals surface area contributed by atoms with Gasteiger partial charge in [-0.2, -0.15) is 11.8 Å². The lowest BCUT2D eigenvalue weighted by molar-refractivity contribution is 0.146. The summed E-state index contributed by atoms with van der Waals surface area (Å²) < 4.78 is 0. The van der Waals surface area contributed by atoms with E-state index in [9.17, 15) is 5.11 Å². The zero-order valence-electron chi connectivity index (χ0n) is 12.8. The van der Waals surface area contributed by atoms with Gasteiger partial charge in [0.05, 0.1) is 6.10 Å². The summed E-state index contributed by atoms with van der Waals surface area (Å²) in [6, 6.07) is 0. The van der Waals surface area contributed by atoms with E-state index in [1.54, 1.807) is 6.08 Å². The highest BCUT2D eigenvalue weighted by atomic mass is 32.2. The molecule has 2 heteroatoms.